The van der Waals surface area contributed by atoms with E-state index in [0.717, 1.165) is 12.8 Å². The predicted octanol–water partition coefficient (Wildman–Crippen LogP) is 2.22. The third-order valence-corrected chi connectivity index (χ3v) is 6.92. The molecule has 3 rings (SSSR count). The summed E-state index contributed by atoms with van der Waals surface area (Å²) >= 11 is 0. The number of anilines is 1. The van der Waals surface area contributed by atoms with E-state index in [2.05, 4.69) is 12.2 Å². The maximum absolute atomic E-state index is 12.7. The number of carbonyl (C=O) groups excluding carboxylic acids is 2. The van der Waals surface area contributed by atoms with Crippen LogP contribution in [0, 0.1) is 5.92 Å². The van der Waals surface area contributed by atoms with Gasteiger partial charge in [0.2, 0.25) is 15.9 Å². The Morgan fingerprint density at radius 1 is 1.13 bits per heavy atom. The quantitative estimate of drug-likeness (QED) is 0.697. The zero-order valence-corrected chi connectivity index (χ0v) is 17.5. The van der Waals surface area contributed by atoms with Crippen molar-refractivity contribution in [2.45, 2.75) is 24.7 Å². The number of hydrogen-bond acceptors (Lipinski definition) is 5. The molecule has 1 fully saturated rings. The minimum Gasteiger partial charge on any atom is -0.484 e. The molecule has 0 aliphatic carbocycles. The van der Waals surface area contributed by atoms with Crippen LogP contribution in [0.1, 0.15) is 30.1 Å². The summed E-state index contributed by atoms with van der Waals surface area (Å²) in [5, 5.41) is 2.65. The van der Waals surface area contributed by atoms with Crippen molar-refractivity contribution < 1.29 is 22.7 Å². The predicted molar refractivity (Wildman–Crippen MR) is 113 cm³/mol. The second kappa shape index (κ2) is 9.27. The molecule has 8 nitrogen and oxygen atoms in total. The summed E-state index contributed by atoms with van der Waals surface area (Å²) in [7, 11) is -3.53. The summed E-state index contributed by atoms with van der Waals surface area (Å²) < 4.78 is 32.4. The number of amides is 2. The van der Waals surface area contributed by atoms with E-state index in [4.69, 9.17) is 10.5 Å². The van der Waals surface area contributed by atoms with Gasteiger partial charge in [0.25, 0.3) is 5.91 Å². The van der Waals surface area contributed by atoms with Crippen LogP contribution in [-0.4, -0.2) is 44.2 Å². The Balaban J connectivity index is 1.57. The molecule has 0 aromatic heterocycles. The molecule has 1 heterocycles. The van der Waals surface area contributed by atoms with E-state index in [-0.39, 0.29) is 17.1 Å². The van der Waals surface area contributed by atoms with E-state index in [0.29, 0.717) is 30.4 Å². The number of benzene rings is 2. The number of nitrogens with zero attached hydrogens (tertiary/aromatic N) is 1. The molecular weight excluding hydrogens is 406 g/mol. The first kappa shape index (κ1) is 21.8. The molecule has 1 aliphatic heterocycles. The summed E-state index contributed by atoms with van der Waals surface area (Å²) in [6.07, 6.45) is 1.71. The number of sulfonamides is 1. The van der Waals surface area contributed by atoms with Gasteiger partial charge >= 0.3 is 0 Å². The maximum atomic E-state index is 12.7. The molecule has 0 bridgehead atoms. The fourth-order valence-electron chi connectivity index (χ4n) is 3.17. The summed E-state index contributed by atoms with van der Waals surface area (Å²) in [4.78, 5) is 23.5. The van der Waals surface area contributed by atoms with Crippen LogP contribution in [0.4, 0.5) is 5.69 Å². The normalized spacial score (nSPS) is 15.5. The van der Waals surface area contributed by atoms with Gasteiger partial charge in [-0.25, -0.2) is 8.42 Å². The summed E-state index contributed by atoms with van der Waals surface area (Å²) in [6, 6.07) is 12.3. The molecule has 0 saturated carbocycles. The van der Waals surface area contributed by atoms with Crippen LogP contribution in [0.25, 0.3) is 0 Å². The van der Waals surface area contributed by atoms with Crippen molar-refractivity contribution in [3.05, 3.63) is 54.1 Å². The maximum Gasteiger partial charge on any atom is 0.262 e. The minimum atomic E-state index is -3.53. The lowest BCUT2D eigenvalue weighted by Crippen LogP contribution is -2.37. The summed E-state index contributed by atoms with van der Waals surface area (Å²) in [5.41, 5.74) is 5.96. The largest absolute Gasteiger partial charge is 0.484 e. The van der Waals surface area contributed by atoms with Crippen LogP contribution in [0.5, 0.6) is 5.75 Å². The summed E-state index contributed by atoms with van der Waals surface area (Å²) in [6.45, 7) is 2.90. The topological polar surface area (TPSA) is 119 Å². The van der Waals surface area contributed by atoms with Gasteiger partial charge in [0, 0.05) is 24.3 Å². The van der Waals surface area contributed by atoms with Gasteiger partial charge in [0.15, 0.2) is 6.61 Å². The highest BCUT2D eigenvalue weighted by Crippen LogP contribution is 2.24. The van der Waals surface area contributed by atoms with Crippen molar-refractivity contribution in [1.82, 2.24) is 4.31 Å². The molecule has 0 spiro atoms. The van der Waals surface area contributed by atoms with Crippen LogP contribution in [-0.2, 0) is 14.8 Å². The second-order valence-electron chi connectivity index (χ2n) is 7.34. The monoisotopic (exact) mass is 431 g/mol. The standard InChI is InChI=1S/C21H25N3O5S/c1-15-9-11-24(12-10-15)30(27,28)19-7-5-17(6-8-19)23-20(25)14-29-18-4-2-3-16(13-18)21(22)26/h2-8,13,15H,9-12,14H2,1H3,(H2,22,26)(H,23,25). The molecule has 9 heteroatoms. The highest BCUT2D eigenvalue weighted by atomic mass is 32.2. The van der Waals surface area contributed by atoms with Gasteiger partial charge < -0.3 is 15.8 Å². The number of piperidine rings is 1. The van der Waals surface area contributed by atoms with Crippen molar-refractivity contribution in [1.29, 1.82) is 0 Å². The van der Waals surface area contributed by atoms with E-state index in [1.165, 1.54) is 22.5 Å². The van der Waals surface area contributed by atoms with Gasteiger partial charge in [-0.15, -0.1) is 0 Å². The smallest absolute Gasteiger partial charge is 0.262 e. The van der Waals surface area contributed by atoms with E-state index in [9.17, 15) is 18.0 Å². The fraction of sp³-hybridized carbons (Fsp3) is 0.333. The lowest BCUT2D eigenvalue weighted by molar-refractivity contribution is -0.118. The molecule has 1 aliphatic rings. The van der Waals surface area contributed by atoms with Gasteiger partial charge in [-0.2, -0.15) is 4.31 Å². The number of primary amides is 1. The molecule has 30 heavy (non-hydrogen) atoms. The fourth-order valence-corrected chi connectivity index (χ4v) is 4.64. The number of carbonyl (C=O) groups is 2. The van der Waals surface area contributed by atoms with Crippen LogP contribution in [0.15, 0.2) is 53.4 Å². The molecule has 2 amide bonds. The first-order valence-corrected chi connectivity index (χ1v) is 11.1. The minimum absolute atomic E-state index is 0.203. The van der Waals surface area contributed by atoms with Gasteiger partial charge in [0.1, 0.15) is 5.75 Å². The number of rotatable bonds is 7. The molecule has 3 N–H and O–H groups in total. The number of hydrogen-bond donors (Lipinski definition) is 2. The Kier molecular flexibility index (Phi) is 6.73. The molecule has 0 radical (unpaired) electrons. The van der Waals surface area contributed by atoms with Crippen LogP contribution in [0.2, 0.25) is 0 Å². The average molecular weight is 432 g/mol. The zero-order valence-electron chi connectivity index (χ0n) is 16.7. The Bertz CT molecular complexity index is 1010. The molecule has 2 aromatic rings. The highest BCUT2D eigenvalue weighted by Gasteiger charge is 2.27. The molecule has 0 atom stereocenters. The first-order chi connectivity index (χ1) is 14.3. The third kappa shape index (κ3) is 5.37. The van der Waals surface area contributed by atoms with Crippen molar-refractivity contribution >= 4 is 27.5 Å². The van der Waals surface area contributed by atoms with Crippen LogP contribution >= 0.6 is 0 Å². The van der Waals surface area contributed by atoms with Gasteiger partial charge in [-0.3, -0.25) is 9.59 Å². The van der Waals surface area contributed by atoms with Gasteiger partial charge in [-0.05, 0) is 61.2 Å². The van der Waals surface area contributed by atoms with Crippen LogP contribution < -0.4 is 15.8 Å². The molecule has 160 valence electrons. The van der Waals surface area contributed by atoms with Crippen molar-refractivity contribution in [3.63, 3.8) is 0 Å². The molecule has 1 saturated heterocycles. The van der Waals surface area contributed by atoms with Gasteiger partial charge in [0.05, 0.1) is 4.90 Å². The third-order valence-electron chi connectivity index (χ3n) is 5.01. The Hall–Kier alpha value is -2.91. The first-order valence-electron chi connectivity index (χ1n) is 9.68. The number of ether oxygens (including phenoxy) is 1. The van der Waals surface area contributed by atoms with Crippen molar-refractivity contribution in [2.24, 2.45) is 11.7 Å². The zero-order chi connectivity index (χ0) is 21.7. The van der Waals surface area contributed by atoms with E-state index in [1.807, 2.05) is 0 Å². The Morgan fingerprint density at radius 3 is 2.43 bits per heavy atom. The SMILES string of the molecule is CC1CCN(S(=O)(=O)c2ccc(NC(=O)COc3cccc(C(N)=O)c3)cc2)CC1. The lowest BCUT2D eigenvalue weighted by Gasteiger charge is -2.29. The number of nitrogens with two attached hydrogens (primary N) is 1. The van der Waals surface area contributed by atoms with Crippen LogP contribution in [0.3, 0.4) is 0 Å². The molecular formula is C21H25N3O5S. The van der Waals surface area contributed by atoms with Crippen molar-refractivity contribution in [3.8, 4) is 5.75 Å². The molecule has 2 aromatic carbocycles. The Labute approximate surface area is 176 Å². The van der Waals surface area contributed by atoms with Crippen molar-refractivity contribution in [2.75, 3.05) is 25.0 Å². The number of nitrogens with one attached hydrogen (secondary N) is 1. The summed E-state index contributed by atoms with van der Waals surface area (Å²) in [5.74, 6) is -0.118. The second-order valence-corrected chi connectivity index (χ2v) is 9.28. The van der Waals surface area contributed by atoms with E-state index >= 15 is 0 Å². The average Bonchev–Trinajstić information content (AvgIpc) is 2.73. The Morgan fingerprint density at radius 2 is 1.80 bits per heavy atom. The van der Waals surface area contributed by atoms with E-state index in [1.54, 1.807) is 30.3 Å². The van der Waals surface area contributed by atoms with Gasteiger partial charge in [-0.1, -0.05) is 13.0 Å². The lowest BCUT2D eigenvalue weighted by atomic mass is 10.0. The highest BCUT2D eigenvalue weighted by molar-refractivity contribution is 7.89. The molecule has 0 unspecified atom stereocenters. The van der Waals surface area contributed by atoms with E-state index < -0.39 is 21.8 Å².